The molecule has 4 heteroatoms. The molecule has 2 saturated carbocycles. The van der Waals surface area contributed by atoms with Crippen molar-refractivity contribution in [1.29, 1.82) is 0 Å². The molecule has 4 nitrogen and oxygen atoms in total. The van der Waals surface area contributed by atoms with Gasteiger partial charge in [0, 0.05) is 6.42 Å². The van der Waals surface area contributed by atoms with E-state index in [9.17, 15) is 14.7 Å². The first-order valence-electron chi connectivity index (χ1n) is 9.24. The Morgan fingerprint density at radius 2 is 1.96 bits per heavy atom. The van der Waals surface area contributed by atoms with Crippen LogP contribution >= 0.6 is 0 Å². The maximum Gasteiger partial charge on any atom is 0.309 e. The molecule has 5 atom stereocenters. The smallest absolute Gasteiger partial charge is 0.309 e. The zero-order valence-corrected chi connectivity index (χ0v) is 15.3. The molecule has 2 N–H and O–H groups in total. The highest BCUT2D eigenvalue weighted by Gasteiger charge is 2.57. The number of hydrogen-bond acceptors (Lipinski definition) is 2. The second-order valence-electron chi connectivity index (χ2n) is 8.66. The van der Waals surface area contributed by atoms with Crippen LogP contribution in [0.1, 0.15) is 72.1 Å². The Morgan fingerprint density at radius 3 is 2.54 bits per heavy atom. The van der Waals surface area contributed by atoms with E-state index in [-0.39, 0.29) is 23.7 Å². The lowest BCUT2D eigenvalue weighted by molar-refractivity contribution is -0.164. The Balaban J connectivity index is 2.19. The standard InChI is InChI=1S/C20H32O4/c1-13(12-17(21)22)6-8-15-14(2)7-9-16-19(15,3)10-5-11-20(16,4)18(23)24/h13,15-16H,2,5-12H2,1,3-4H3,(H,21,22)(H,23,24)/t13-,15+,16+,19-,20-/m1/s1. The summed E-state index contributed by atoms with van der Waals surface area (Å²) in [6.07, 6.45) is 6.57. The summed E-state index contributed by atoms with van der Waals surface area (Å²) in [6.45, 7) is 10.5. The van der Waals surface area contributed by atoms with Crippen molar-refractivity contribution in [1.82, 2.24) is 0 Å². The first-order valence-corrected chi connectivity index (χ1v) is 9.24. The van der Waals surface area contributed by atoms with E-state index in [0.29, 0.717) is 5.92 Å². The van der Waals surface area contributed by atoms with Crippen molar-refractivity contribution in [3.63, 3.8) is 0 Å². The van der Waals surface area contributed by atoms with Gasteiger partial charge in [0.1, 0.15) is 0 Å². The molecule has 0 aromatic rings. The molecule has 0 spiro atoms. The Kier molecular flexibility index (Phi) is 5.46. The number of carbonyl (C=O) groups is 2. The van der Waals surface area contributed by atoms with Gasteiger partial charge in [0.25, 0.3) is 0 Å². The Bertz CT molecular complexity index is 526. The lowest BCUT2D eigenvalue weighted by Crippen LogP contribution is -2.53. The molecule has 0 bridgehead atoms. The second-order valence-corrected chi connectivity index (χ2v) is 8.66. The van der Waals surface area contributed by atoms with E-state index in [2.05, 4.69) is 13.5 Å². The monoisotopic (exact) mass is 336 g/mol. The summed E-state index contributed by atoms with van der Waals surface area (Å²) < 4.78 is 0. The van der Waals surface area contributed by atoms with E-state index < -0.39 is 17.4 Å². The molecule has 0 unspecified atom stereocenters. The number of allylic oxidation sites excluding steroid dienone is 1. The number of fused-ring (bicyclic) bond motifs is 1. The minimum absolute atomic E-state index is 0.0241. The highest BCUT2D eigenvalue weighted by molar-refractivity contribution is 5.75. The molecular formula is C20H32O4. The van der Waals surface area contributed by atoms with Crippen LogP contribution in [0.5, 0.6) is 0 Å². The molecule has 2 fully saturated rings. The van der Waals surface area contributed by atoms with Gasteiger partial charge < -0.3 is 10.2 Å². The Morgan fingerprint density at radius 1 is 1.29 bits per heavy atom. The zero-order valence-electron chi connectivity index (χ0n) is 15.3. The van der Waals surface area contributed by atoms with Crippen molar-refractivity contribution in [3.8, 4) is 0 Å². The average Bonchev–Trinajstić information content (AvgIpc) is 2.45. The summed E-state index contributed by atoms with van der Waals surface area (Å²) in [5.74, 6) is -0.768. The quantitative estimate of drug-likeness (QED) is 0.687. The largest absolute Gasteiger partial charge is 0.481 e. The highest BCUT2D eigenvalue weighted by atomic mass is 16.4. The van der Waals surface area contributed by atoms with Crippen LogP contribution in [0.25, 0.3) is 0 Å². The van der Waals surface area contributed by atoms with E-state index in [1.807, 2.05) is 13.8 Å². The third kappa shape index (κ3) is 3.38. The molecule has 0 aromatic carbocycles. The summed E-state index contributed by atoms with van der Waals surface area (Å²) in [4.78, 5) is 22.9. The van der Waals surface area contributed by atoms with Gasteiger partial charge in [0.2, 0.25) is 0 Å². The van der Waals surface area contributed by atoms with Gasteiger partial charge in [-0.15, -0.1) is 0 Å². The van der Waals surface area contributed by atoms with Crippen molar-refractivity contribution in [2.75, 3.05) is 0 Å². The summed E-state index contributed by atoms with van der Waals surface area (Å²) >= 11 is 0. The van der Waals surface area contributed by atoms with Crippen molar-refractivity contribution in [2.24, 2.45) is 28.6 Å². The number of carboxylic acid groups (broad SMARTS) is 2. The van der Waals surface area contributed by atoms with Gasteiger partial charge in [0.15, 0.2) is 0 Å². The van der Waals surface area contributed by atoms with Crippen LogP contribution in [-0.4, -0.2) is 22.2 Å². The van der Waals surface area contributed by atoms with Gasteiger partial charge in [-0.05, 0) is 68.6 Å². The van der Waals surface area contributed by atoms with E-state index in [4.69, 9.17) is 5.11 Å². The zero-order chi connectivity index (χ0) is 18.1. The molecule has 24 heavy (non-hydrogen) atoms. The fraction of sp³-hybridized carbons (Fsp3) is 0.800. The molecule has 2 aliphatic rings. The van der Waals surface area contributed by atoms with E-state index >= 15 is 0 Å². The maximum absolute atomic E-state index is 12.0. The SMILES string of the molecule is C=C1CC[C@H]2[C@](C)(CCC[C@@]2(C)C(=O)O)[C@H]1CC[C@@H](C)CC(=O)O. The van der Waals surface area contributed by atoms with Crippen LogP contribution in [-0.2, 0) is 9.59 Å². The third-order valence-corrected chi connectivity index (χ3v) is 6.98. The maximum atomic E-state index is 12.0. The van der Waals surface area contributed by atoms with Crippen molar-refractivity contribution in [3.05, 3.63) is 12.2 Å². The molecule has 0 heterocycles. The van der Waals surface area contributed by atoms with Gasteiger partial charge >= 0.3 is 11.9 Å². The van der Waals surface area contributed by atoms with Gasteiger partial charge in [-0.3, -0.25) is 9.59 Å². The Hall–Kier alpha value is -1.32. The number of carboxylic acids is 2. The van der Waals surface area contributed by atoms with Crippen LogP contribution in [0, 0.1) is 28.6 Å². The second kappa shape index (κ2) is 6.89. The van der Waals surface area contributed by atoms with Crippen LogP contribution in [0.15, 0.2) is 12.2 Å². The molecule has 2 aliphatic carbocycles. The third-order valence-electron chi connectivity index (χ3n) is 6.98. The topological polar surface area (TPSA) is 74.6 Å². The first kappa shape index (κ1) is 19.0. The summed E-state index contributed by atoms with van der Waals surface area (Å²) in [5, 5.41) is 18.8. The number of hydrogen-bond donors (Lipinski definition) is 2. The molecule has 2 rings (SSSR count). The minimum Gasteiger partial charge on any atom is -0.481 e. The number of aliphatic carboxylic acids is 2. The molecule has 0 radical (unpaired) electrons. The molecule has 0 saturated heterocycles. The minimum atomic E-state index is -0.745. The molecular weight excluding hydrogens is 304 g/mol. The van der Waals surface area contributed by atoms with Crippen LogP contribution in [0.2, 0.25) is 0 Å². The fourth-order valence-corrected chi connectivity index (χ4v) is 5.59. The number of rotatable bonds is 6. The molecule has 0 aliphatic heterocycles. The Labute approximate surface area is 145 Å². The highest BCUT2D eigenvalue weighted by Crippen LogP contribution is 2.62. The summed E-state index contributed by atoms with van der Waals surface area (Å²) in [6, 6.07) is 0. The normalized spacial score (nSPS) is 37.5. The summed E-state index contributed by atoms with van der Waals surface area (Å²) in [7, 11) is 0. The molecule has 136 valence electrons. The van der Waals surface area contributed by atoms with Crippen molar-refractivity contribution < 1.29 is 19.8 Å². The van der Waals surface area contributed by atoms with Crippen LogP contribution < -0.4 is 0 Å². The van der Waals surface area contributed by atoms with Gasteiger partial charge in [0.05, 0.1) is 5.41 Å². The lowest BCUT2D eigenvalue weighted by atomic mass is 9.46. The van der Waals surface area contributed by atoms with Crippen molar-refractivity contribution in [2.45, 2.75) is 72.1 Å². The van der Waals surface area contributed by atoms with E-state index in [1.165, 1.54) is 5.57 Å². The van der Waals surface area contributed by atoms with Gasteiger partial charge in [-0.25, -0.2) is 0 Å². The van der Waals surface area contributed by atoms with Crippen LogP contribution in [0.4, 0.5) is 0 Å². The molecule has 0 aromatic heterocycles. The van der Waals surface area contributed by atoms with Crippen LogP contribution in [0.3, 0.4) is 0 Å². The predicted molar refractivity (Wildman–Crippen MR) is 93.7 cm³/mol. The summed E-state index contributed by atoms with van der Waals surface area (Å²) in [5.41, 5.74) is 0.577. The fourth-order valence-electron chi connectivity index (χ4n) is 5.59. The van der Waals surface area contributed by atoms with Gasteiger partial charge in [-0.2, -0.15) is 0 Å². The van der Waals surface area contributed by atoms with E-state index in [0.717, 1.165) is 44.9 Å². The van der Waals surface area contributed by atoms with Gasteiger partial charge in [-0.1, -0.05) is 32.4 Å². The van der Waals surface area contributed by atoms with Crippen molar-refractivity contribution >= 4 is 11.9 Å². The van der Waals surface area contributed by atoms with E-state index in [1.54, 1.807) is 0 Å². The predicted octanol–water partition coefficient (Wildman–Crippen LogP) is 4.74. The first-order chi connectivity index (χ1) is 11.1. The average molecular weight is 336 g/mol. The molecule has 0 amide bonds. The lowest BCUT2D eigenvalue weighted by Gasteiger charge is -2.57.